The van der Waals surface area contributed by atoms with E-state index in [9.17, 15) is 23.1 Å². The van der Waals surface area contributed by atoms with Crippen LogP contribution in [0.15, 0.2) is 46.7 Å². The normalized spacial score (nSPS) is 17.4. The number of nitrogens with zero attached hydrogens (tertiary/aromatic N) is 1. The van der Waals surface area contributed by atoms with Crippen LogP contribution in [-0.4, -0.2) is 42.9 Å². The fraction of sp³-hybridized carbons (Fsp3) is 0.294. The summed E-state index contributed by atoms with van der Waals surface area (Å²) in [6.07, 6.45) is 1.07. The van der Waals surface area contributed by atoms with Gasteiger partial charge in [-0.25, -0.2) is 17.9 Å². The molecule has 2 heterocycles. The van der Waals surface area contributed by atoms with Crippen molar-refractivity contribution in [2.24, 2.45) is 0 Å². The first-order valence-electron chi connectivity index (χ1n) is 8.04. The van der Waals surface area contributed by atoms with Gasteiger partial charge in [0.15, 0.2) is 0 Å². The maximum atomic E-state index is 12.5. The minimum atomic E-state index is -3.68. The lowest BCUT2D eigenvalue weighted by molar-refractivity contribution is -0.141. The van der Waals surface area contributed by atoms with E-state index in [1.54, 1.807) is 0 Å². The lowest BCUT2D eigenvalue weighted by atomic mass is 10.1. The van der Waals surface area contributed by atoms with Crippen LogP contribution < -0.4 is 4.72 Å². The second kappa shape index (κ2) is 7.56. The first-order valence-corrected chi connectivity index (χ1v) is 10.4. The highest BCUT2D eigenvalue weighted by Crippen LogP contribution is 2.21. The molecule has 2 aromatic rings. The third-order valence-electron chi connectivity index (χ3n) is 4.23. The SMILES string of the molecule is O=C(O)[C@@H]1CCCN1C(=O)c1ccc(S(=O)(=O)NCc2cccs2)cc1. The molecule has 1 amide bonds. The summed E-state index contributed by atoms with van der Waals surface area (Å²) in [6, 6.07) is 8.41. The highest BCUT2D eigenvalue weighted by atomic mass is 32.2. The van der Waals surface area contributed by atoms with Gasteiger partial charge in [0.25, 0.3) is 5.91 Å². The molecule has 7 nitrogen and oxygen atoms in total. The third-order valence-corrected chi connectivity index (χ3v) is 6.52. The molecule has 0 bridgehead atoms. The fourth-order valence-corrected chi connectivity index (χ4v) is 4.61. The van der Waals surface area contributed by atoms with E-state index in [1.165, 1.54) is 40.5 Å². The minimum absolute atomic E-state index is 0.0572. The van der Waals surface area contributed by atoms with Gasteiger partial charge in [0, 0.05) is 23.5 Å². The van der Waals surface area contributed by atoms with Crippen molar-refractivity contribution in [2.75, 3.05) is 6.54 Å². The number of benzene rings is 1. The van der Waals surface area contributed by atoms with Gasteiger partial charge in [-0.1, -0.05) is 6.07 Å². The van der Waals surface area contributed by atoms with Crippen LogP contribution in [0.2, 0.25) is 0 Å². The van der Waals surface area contributed by atoms with E-state index in [4.69, 9.17) is 0 Å². The number of hydrogen-bond donors (Lipinski definition) is 2. The second-order valence-electron chi connectivity index (χ2n) is 5.92. The Bertz CT molecular complexity index is 892. The largest absolute Gasteiger partial charge is 0.480 e. The van der Waals surface area contributed by atoms with Gasteiger partial charge in [0.1, 0.15) is 6.04 Å². The number of rotatable bonds is 6. The average molecular weight is 394 g/mol. The lowest BCUT2D eigenvalue weighted by Gasteiger charge is -2.21. The summed E-state index contributed by atoms with van der Waals surface area (Å²) in [4.78, 5) is 26.0. The number of thiophene rings is 1. The van der Waals surface area contributed by atoms with Gasteiger partial charge in [-0.2, -0.15) is 0 Å². The molecule has 1 aliphatic heterocycles. The molecule has 0 radical (unpaired) electrons. The molecule has 1 aliphatic rings. The molecule has 2 N–H and O–H groups in total. The first kappa shape index (κ1) is 18.6. The quantitative estimate of drug-likeness (QED) is 0.779. The number of hydrogen-bond acceptors (Lipinski definition) is 5. The zero-order chi connectivity index (χ0) is 18.7. The number of carbonyl (C=O) groups is 2. The number of likely N-dealkylation sites (tertiary alicyclic amines) is 1. The number of carboxylic acid groups (broad SMARTS) is 1. The van der Waals surface area contributed by atoms with Crippen molar-refractivity contribution in [2.45, 2.75) is 30.3 Å². The molecular weight excluding hydrogens is 376 g/mol. The topological polar surface area (TPSA) is 104 Å². The molecule has 0 aliphatic carbocycles. The predicted molar refractivity (Wildman–Crippen MR) is 96.5 cm³/mol. The summed E-state index contributed by atoms with van der Waals surface area (Å²) < 4.78 is 27.2. The summed E-state index contributed by atoms with van der Waals surface area (Å²) >= 11 is 1.46. The molecule has 1 aromatic carbocycles. The Morgan fingerprint density at radius 2 is 1.96 bits per heavy atom. The van der Waals surface area contributed by atoms with E-state index in [0.29, 0.717) is 19.4 Å². The van der Waals surface area contributed by atoms with Crippen molar-refractivity contribution in [1.29, 1.82) is 0 Å². The average Bonchev–Trinajstić information content (AvgIpc) is 3.31. The van der Waals surface area contributed by atoms with Gasteiger partial charge in [-0.15, -0.1) is 11.3 Å². The molecular formula is C17H18N2O5S2. The van der Waals surface area contributed by atoms with Gasteiger partial charge in [-0.3, -0.25) is 4.79 Å². The summed E-state index contributed by atoms with van der Waals surface area (Å²) in [5.74, 6) is -1.42. The van der Waals surface area contributed by atoms with Crippen molar-refractivity contribution in [3.05, 3.63) is 52.2 Å². The lowest BCUT2D eigenvalue weighted by Crippen LogP contribution is -2.40. The summed E-state index contributed by atoms with van der Waals surface area (Å²) in [5.41, 5.74) is 0.273. The minimum Gasteiger partial charge on any atom is -0.480 e. The number of sulfonamides is 1. The first-order chi connectivity index (χ1) is 12.4. The van der Waals surface area contributed by atoms with E-state index in [-0.39, 0.29) is 17.0 Å². The smallest absolute Gasteiger partial charge is 0.326 e. The molecule has 138 valence electrons. The Hall–Kier alpha value is -2.23. The summed E-state index contributed by atoms with van der Waals surface area (Å²) in [6.45, 7) is 0.590. The Balaban J connectivity index is 1.71. The maximum Gasteiger partial charge on any atom is 0.326 e. The predicted octanol–water partition coefficient (Wildman–Crippen LogP) is 1.92. The van der Waals surface area contributed by atoms with Crippen molar-refractivity contribution in [1.82, 2.24) is 9.62 Å². The molecule has 1 aromatic heterocycles. The Morgan fingerprint density at radius 1 is 1.23 bits per heavy atom. The molecule has 1 atom stereocenters. The molecule has 1 fully saturated rings. The van der Waals surface area contributed by atoms with E-state index in [1.807, 2.05) is 17.5 Å². The standard InChI is InChI=1S/C17H18N2O5S2/c20-16(19-9-1-4-15(19)17(21)22)12-5-7-14(8-6-12)26(23,24)18-11-13-3-2-10-25-13/h2-3,5-8,10,15,18H,1,4,9,11H2,(H,21,22)/t15-/m0/s1. The molecule has 0 spiro atoms. The fourth-order valence-electron chi connectivity index (χ4n) is 2.87. The molecule has 1 saturated heterocycles. The number of nitrogens with one attached hydrogen (secondary N) is 1. The van der Waals surface area contributed by atoms with Crippen LogP contribution in [0.25, 0.3) is 0 Å². The van der Waals surface area contributed by atoms with E-state index in [0.717, 1.165) is 4.88 Å². The monoisotopic (exact) mass is 394 g/mol. The summed E-state index contributed by atoms with van der Waals surface area (Å²) in [5, 5.41) is 11.1. The maximum absolute atomic E-state index is 12.5. The molecule has 3 rings (SSSR count). The molecule has 0 saturated carbocycles. The van der Waals surface area contributed by atoms with E-state index in [2.05, 4.69) is 4.72 Å². The molecule has 9 heteroatoms. The van der Waals surface area contributed by atoms with Gasteiger partial charge in [0.2, 0.25) is 10.0 Å². The number of amides is 1. The van der Waals surface area contributed by atoms with Crippen molar-refractivity contribution in [3.8, 4) is 0 Å². The highest BCUT2D eigenvalue weighted by molar-refractivity contribution is 7.89. The number of carbonyl (C=O) groups excluding carboxylic acids is 1. The number of carboxylic acids is 1. The van der Waals surface area contributed by atoms with Gasteiger partial charge >= 0.3 is 5.97 Å². The van der Waals surface area contributed by atoms with Gasteiger partial charge < -0.3 is 10.0 Å². The number of aliphatic carboxylic acids is 1. The Labute approximate surface area is 155 Å². The van der Waals surface area contributed by atoms with Gasteiger partial charge in [-0.05, 0) is 48.6 Å². The Morgan fingerprint density at radius 3 is 2.58 bits per heavy atom. The second-order valence-corrected chi connectivity index (χ2v) is 8.72. The van der Waals surface area contributed by atoms with Crippen LogP contribution in [0, 0.1) is 0 Å². The van der Waals surface area contributed by atoms with E-state index >= 15 is 0 Å². The van der Waals surface area contributed by atoms with Crippen molar-refractivity contribution < 1.29 is 23.1 Å². The van der Waals surface area contributed by atoms with Crippen molar-refractivity contribution in [3.63, 3.8) is 0 Å². The molecule has 26 heavy (non-hydrogen) atoms. The van der Waals surface area contributed by atoms with Crippen LogP contribution >= 0.6 is 11.3 Å². The summed E-state index contributed by atoms with van der Waals surface area (Å²) in [7, 11) is -3.68. The molecule has 0 unspecified atom stereocenters. The Kier molecular flexibility index (Phi) is 5.40. The highest BCUT2D eigenvalue weighted by Gasteiger charge is 2.34. The van der Waals surface area contributed by atoms with Crippen molar-refractivity contribution >= 4 is 33.2 Å². The zero-order valence-electron chi connectivity index (χ0n) is 13.8. The van der Waals surface area contributed by atoms with Crippen LogP contribution in [0.3, 0.4) is 0 Å². The zero-order valence-corrected chi connectivity index (χ0v) is 15.4. The van der Waals surface area contributed by atoms with Gasteiger partial charge in [0.05, 0.1) is 4.90 Å². The van der Waals surface area contributed by atoms with Crippen LogP contribution in [-0.2, 0) is 21.4 Å². The van der Waals surface area contributed by atoms with Crippen LogP contribution in [0.4, 0.5) is 0 Å². The third kappa shape index (κ3) is 3.95. The van der Waals surface area contributed by atoms with Crippen LogP contribution in [0.5, 0.6) is 0 Å². The van der Waals surface area contributed by atoms with Crippen LogP contribution in [0.1, 0.15) is 28.1 Å². The van der Waals surface area contributed by atoms with E-state index < -0.39 is 27.9 Å².